The predicted molar refractivity (Wildman–Crippen MR) is 88.9 cm³/mol. The monoisotopic (exact) mass is 306 g/mol. The zero-order valence-electron chi connectivity index (χ0n) is 12.0. The standard InChI is InChI=1S/C18H14N2OS/c1-12(14-8-6-13(11-19)7-9-14)20-18(21)17-10-15-4-2-3-5-16(15)22-17/h2-10,12H,1H3,(H,20,21). The molecule has 0 aliphatic rings. The Hall–Kier alpha value is -2.64. The molecule has 22 heavy (non-hydrogen) atoms. The average Bonchev–Trinajstić information content (AvgIpc) is 2.99. The lowest BCUT2D eigenvalue weighted by atomic mass is 10.1. The summed E-state index contributed by atoms with van der Waals surface area (Å²) < 4.78 is 1.11. The smallest absolute Gasteiger partial charge is 0.261 e. The molecule has 1 heterocycles. The van der Waals surface area contributed by atoms with Crippen LogP contribution in [0.3, 0.4) is 0 Å². The number of fused-ring (bicyclic) bond motifs is 1. The van der Waals surface area contributed by atoms with Crippen LogP contribution in [0.5, 0.6) is 0 Å². The van der Waals surface area contributed by atoms with Crippen molar-refractivity contribution in [3.05, 3.63) is 70.6 Å². The van der Waals surface area contributed by atoms with Crippen LogP contribution in [0.4, 0.5) is 0 Å². The summed E-state index contributed by atoms with van der Waals surface area (Å²) in [7, 11) is 0. The highest BCUT2D eigenvalue weighted by Crippen LogP contribution is 2.25. The Morgan fingerprint density at radius 3 is 2.59 bits per heavy atom. The first-order valence-electron chi connectivity index (χ1n) is 6.97. The third-order valence-electron chi connectivity index (χ3n) is 3.54. The SMILES string of the molecule is CC(NC(=O)c1cc2ccccc2s1)c1ccc(C#N)cc1. The molecule has 1 unspecified atom stereocenters. The van der Waals surface area contributed by atoms with Crippen molar-refractivity contribution in [3.8, 4) is 6.07 Å². The Morgan fingerprint density at radius 2 is 1.91 bits per heavy atom. The van der Waals surface area contributed by atoms with Gasteiger partial charge in [0.1, 0.15) is 0 Å². The van der Waals surface area contributed by atoms with Gasteiger partial charge in [0.2, 0.25) is 0 Å². The van der Waals surface area contributed by atoms with Gasteiger partial charge in [-0.1, -0.05) is 30.3 Å². The van der Waals surface area contributed by atoms with Crippen molar-refractivity contribution < 1.29 is 4.79 Å². The molecule has 2 aromatic carbocycles. The first kappa shape index (κ1) is 14.3. The van der Waals surface area contributed by atoms with Crippen LogP contribution in [0.15, 0.2) is 54.6 Å². The number of carbonyl (C=O) groups is 1. The molecule has 0 saturated heterocycles. The fraction of sp³-hybridized carbons (Fsp3) is 0.111. The van der Waals surface area contributed by atoms with Gasteiger partial charge in [-0.25, -0.2) is 0 Å². The Morgan fingerprint density at radius 1 is 1.18 bits per heavy atom. The molecule has 3 aromatic rings. The third-order valence-corrected chi connectivity index (χ3v) is 4.65. The van der Waals surface area contributed by atoms with E-state index in [1.54, 1.807) is 12.1 Å². The number of nitrogens with one attached hydrogen (secondary N) is 1. The average molecular weight is 306 g/mol. The number of amides is 1. The van der Waals surface area contributed by atoms with Crippen LogP contribution >= 0.6 is 11.3 Å². The van der Waals surface area contributed by atoms with E-state index in [1.165, 1.54) is 11.3 Å². The number of rotatable bonds is 3. The van der Waals surface area contributed by atoms with Gasteiger partial charge in [-0.2, -0.15) is 5.26 Å². The Balaban J connectivity index is 1.76. The molecule has 1 aromatic heterocycles. The summed E-state index contributed by atoms with van der Waals surface area (Å²) in [6.07, 6.45) is 0. The number of thiophene rings is 1. The van der Waals surface area contributed by atoms with E-state index in [4.69, 9.17) is 5.26 Å². The lowest BCUT2D eigenvalue weighted by molar-refractivity contribution is 0.0944. The zero-order chi connectivity index (χ0) is 15.5. The van der Waals surface area contributed by atoms with Crippen molar-refractivity contribution in [2.45, 2.75) is 13.0 Å². The fourth-order valence-corrected chi connectivity index (χ4v) is 3.26. The van der Waals surface area contributed by atoms with E-state index in [0.29, 0.717) is 10.4 Å². The quantitative estimate of drug-likeness (QED) is 0.786. The minimum Gasteiger partial charge on any atom is -0.345 e. The molecule has 0 radical (unpaired) electrons. The van der Waals surface area contributed by atoms with Crippen LogP contribution in [0, 0.1) is 11.3 Å². The summed E-state index contributed by atoms with van der Waals surface area (Å²) in [6.45, 7) is 1.94. The van der Waals surface area contributed by atoms with E-state index in [2.05, 4.69) is 11.4 Å². The second kappa shape index (κ2) is 6.00. The van der Waals surface area contributed by atoms with Gasteiger partial charge in [-0.05, 0) is 42.1 Å². The summed E-state index contributed by atoms with van der Waals surface area (Å²) in [6, 6.07) is 19.1. The molecule has 1 amide bonds. The minimum absolute atomic E-state index is 0.0712. The van der Waals surface area contributed by atoms with Crippen molar-refractivity contribution in [2.24, 2.45) is 0 Å². The van der Waals surface area contributed by atoms with Gasteiger partial charge in [0.25, 0.3) is 5.91 Å². The van der Waals surface area contributed by atoms with Crippen molar-refractivity contribution in [1.82, 2.24) is 5.32 Å². The van der Waals surface area contributed by atoms with Crippen molar-refractivity contribution in [1.29, 1.82) is 5.26 Å². The second-order valence-electron chi connectivity index (χ2n) is 5.08. The molecule has 3 nitrogen and oxygen atoms in total. The summed E-state index contributed by atoms with van der Waals surface area (Å²) >= 11 is 1.49. The Kier molecular flexibility index (Phi) is 3.90. The van der Waals surface area contributed by atoms with Crippen LogP contribution in [-0.4, -0.2) is 5.91 Å². The van der Waals surface area contributed by atoms with E-state index in [9.17, 15) is 4.79 Å². The van der Waals surface area contributed by atoms with Crippen molar-refractivity contribution >= 4 is 27.3 Å². The minimum atomic E-state index is -0.106. The number of benzene rings is 2. The molecule has 0 spiro atoms. The lowest BCUT2D eigenvalue weighted by Gasteiger charge is -2.13. The second-order valence-corrected chi connectivity index (χ2v) is 6.16. The van der Waals surface area contributed by atoms with Crippen molar-refractivity contribution in [2.75, 3.05) is 0 Å². The summed E-state index contributed by atoms with van der Waals surface area (Å²) in [5.41, 5.74) is 1.60. The molecule has 3 rings (SSSR count). The molecule has 0 aliphatic carbocycles. The fourth-order valence-electron chi connectivity index (χ4n) is 2.29. The maximum Gasteiger partial charge on any atom is 0.261 e. The van der Waals surface area contributed by atoms with Crippen LogP contribution in [0.2, 0.25) is 0 Å². The first-order valence-corrected chi connectivity index (χ1v) is 7.78. The highest BCUT2D eigenvalue weighted by atomic mass is 32.1. The molecule has 108 valence electrons. The molecule has 0 aliphatic heterocycles. The number of hydrogen-bond donors (Lipinski definition) is 1. The molecule has 1 N–H and O–H groups in total. The molecule has 1 atom stereocenters. The molecule has 4 heteroatoms. The largest absolute Gasteiger partial charge is 0.345 e. The van der Waals surface area contributed by atoms with E-state index in [1.807, 2.05) is 49.4 Å². The normalized spacial score (nSPS) is 11.8. The number of nitriles is 1. The number of hydrogen-bond acceptors (Lipinski definition) is 3. The molecular formula is C18H14N2OS. The van der Waals surface area contributed by atoms with Gasteiger partial charge in [0.15, 0.2) is 0 Å². The zero-order valence-corrected chi connectivity index (χ0v) is 12.9. The first-order chi connectivity index (χ1) is 10.7. The molecular weight excluding hydrogens is 292 g/mol. The third kappa shape index (κ3) is 2.85. The van der Waals surface area contributed by atoms with E-state index in [0.717, 1.165) is 15.6 Å². The predicted octanol–water partition coefficient (Wildman–Crippen LogP) is 4.26. The van der Waals surface area contributed by atoms with Gasteiger partial charge in [-0.15, -0.1) is 11.3 Å². The highest BCUT2D eigenvalue weighted by Gasteiger charge is 2.14. The Bertz CT molecular complexity index is 826. The van der Waals surface area contributed by atoms with Gasteiger partial charge >= 0.3 is 0 Å². The van der Waals surface area contributed by atoms with Gasteiger partial charge in [-0.3, -0.25) is 4.79 Å². The van der Waals surface area contributed by atoms with Crippen LogP contribution < -0.4 is 5.32 Å². The summed E-state index contributed by atoms with van der Waals surface area (Å²) in [5.74, 6) is -0.0712. The number of carbonyl (C=O) groups excluding carboxylic acids is 1. The molecule has 0 fully saturated rings. The maximum absolute atomic E-state index is 12.4. The van der Waals surface area contributed by atoms with E-state index < -0.39 is 0 Å². The van der Waals surface area contributed by atoms with Gasteiger partial charge < -0.3 is 5.32 Å². The molecule has 0 saturated carbocycles. The van der Waals surface area contributed by atoms with Crippen LogP contribution in [-0.2, 0) is 0 Å². The molecule has 0 bridgehead atoms. The van der Waals surface area contributed by atoms with E-state index in [-0.39, 0.29) is 11.9 Å². The lowest BCUT2D eigenvalue weighted by Crippen LogP contribution is -2.25. The van der Waals surface area contributed by atoms with Crippen molar-refractivity contribution in [3.63, 3.8) is 0 Å². The van der Waals surface area contributed by atoms with Gasteiger partial charge in [0.05, 0.1) is 22.6 Å². The van der Waals surface area contributed by atoms with Crippen LogP contribution in [0.1, 0.15) is 33.8 Å². The number of nitrogens with zero attached hydrogens (tertiary/aromatic N) is 1. The van der Waals surface area contributed by atoms with Gasteiger partial charge in [0, 0.05) is 4.70 Å². The Labute approximate surface area is 132 Å². The topological polar surface area (TPSA) is 52.9 Å². The maximum atomic E-state index is 12.4. The summed E-state index contributed by atoms with van der Waals surface area (Å²) in [4.78, 5) is 13.1. The highest BCUT2D eigenvalue weighted by molar-refractivity contribution is 7.20. The van der Waals surface area contributed by atoms with E-state index >= 15 is 0 Å². The summed E-state index contributed by atoms with van der Waals surface area (Å²) in [5, 5.41) is 12.9. The van der Waals surface area contributed by atoms with Crippen LogP contribution in [0.25, 0.3) is 10.1 Å².